The maximum Gasteiger partial charge on any atom is 0.323 e. The van der Waals surface area contributed by atoms with Crippen LogP contribution < -0.4 is 20.7 Å². The van der Waals surface area contributed by atoms with Gasteiger partial charge in [-0.25, -0.2) is 9.59 Å². The number of fused-ring (bicyclic) bond motifs is 1. The zero-order valence-corrected chi connectivity index (χ0v) is 22.0. The van der Waals surface area contributed by atoms with E-state index in [-0.39, 0.29) is 48.4 Å². The fourth-order valence-electron chi connectivity index (χ4n) is 4.08. The molecule has 3 unspecified atom stereocenters. The lowest BCUT2D eigenvalue weighted by Crippen LogP contribution is -2.51. The number of carbonyl (C=O) groups excluding carboxylic acids is 3. The van der Waals surface area contributed by atoms with Crippen molar-refractivity contribution in [2.45, 2.75) is 45.9 Å². The third kappa shape index (κ3) is 7.13. The normalized spacial score (nSPS) is 18.1. The van der Waals surface area contributed by atoms with Crippen LogP contribution in [0.1, 0.15) is 38.1 Å². The smallest absolute Gasteiger partial charge is 0.323 e. The predicted octanol–water partition coefficient (Wildman–Crippen LogP) is 3.60. The lowest BCUT2D eigenvalue weighted by Gasteiger charge is -2.38. The molecule has 4 N–H and O–H groups in total. The van der Waals surface area contributed by atoms with E-state index in [2.05, 4.69) is 16.0 Å². The summed E-state index contributed by atoms with van der Waals surface area (Å²) in [5.41, 5.74) is 1.20. The Hall–Kier alpha value is -3.79. The van der Waals surface area contributed by atoms with Crippen molar-refractivity contribution in [1.29, 1.82) is 0 Å². The van der Waals surface area contributed by atoms with Crippen LogP contribution in [0.3, 0.4) is 0 Å². The largest absolute Gasteiger partial charge is 0.485 e. The predicted molar refractivity (Wildman–Crippen MR) is 143 cm³/mol. The molecule has 0 aromatic heterocycles. The van der Waals surface area contributed by atoms with Gasteiger partial charge in [0.15, 0.2) is 5.75 Å². The van der Waals surface area contributed by atoms with E-state index in [0.29, 0.717) is 17.9 Å². The molecule has 3 rings (SSSR count). The van der Waals surface area contributed by atoms with Gasteiger partial charge in [0.2, 0.25) is 0 Å². The first-order chi connectivity index (χ1) is 17.6. The summed E-state index contributed by atoms with van der Waals surface area (Å²) in [7, 11) is 1.68. The molecule has 200 valence electrons. The number of amides is 5. The van der Waals surface area contributed by atoms with Crippen LogP contribution in [-0.2, 0) is 0 Å². The third-order valence-electron chi connectivity index (χ3n) is 6.18. The van der Waals surface area contributed by atoms with E-state index in [1.165, 1.54) is 0 Å². The number of anilines is 2. The first-order valence-corrected chi connectivity index (χ1v) is 12.5. The fraction of sp³-hybridized carbons (Fsp3) is 0.444. The van der Waals surface area contributed by atoms with E-state index < -0.39 is 18.2 Å². The van der Waals surface area contributed by atoms with Gasteiger partial charge in [-0.15, -0.1) is 0 Å². The molecule has 0 aliphatic carbocycles. The molecular weight excluding hydrogens is 474 g/mol. The van der Waals surface area contributed by atoms with Crippen LogP contribution in [0.5, 0.6) is 5.75 Å². The molecule has 2 aromatic carbocycles. The zero-order chi connectivity index (χ0) is 27.1. The van der Waals surface area contributed by atoms with Crippen molar-refractivity contribution in [3.8, 4) is 5.75 Å². The summed E-state index contributed by atoms with van der Waals surface area (Å²) >= 11 is 0. The molecule has 0 radical (unpaired) electrons. The van der Waals surface area contributed by atoms with Crippen molar-refractivity contribution >= 4 is 29.3 Å². The summed E-state index contributed by atoms with van der Waals surface area (Å²) < 4.78 is 6.42. The van der Waals surface area contributed by atoms with Crippen molar-refractivity contribution in [3.63, 3.8) is 0 Å². The Kier molecular flexibility index (Phi) is 9.35. The van der Waals surface area contributed by atoms with Gasteiger partial charge in [0.05, 0.1) is 30.4 Å². The summed E-state index contributed by atoms with van der Waals surface area (Å²) in [6.45, 7) is 7.86. The molecular formula is C27H37N5O5. The van der Waals surface area contributed by atoms with Gasteiger partial charge < -0.3 is 35.6 Å². The van der Waals surface area contributed by atoms with E-state index in [1.807, 2.05) is 39.0 Å². The molecule has 0 spiro atoms. The number of aliphatic hydroxyl groups is 1. The molecule has 1 aliphatic heterocycles. The van der Waals surface area contributed by atoms with E-state index in [1.54, 1.807) is 54.1 Å². The Labute approximate surface area is 218 Å². The number of ether oxygens (including phenoxy) is 1. The van der Waals surface area contributed by atoms with E-state index in [0.717, 1.165) is 0 Å². The molecule has 3 atom stereocenters. The van der Waals surface area contributed by atoms with E-state index >= 15 is 0 Å². The molecule has 0 fully saturated rings. The van der Waals surface area contributed by atoms with Gasteiger partial charge in [0.25, 0.3) is 5.91 Å². The highest BCUT2D eigenvalue weighted by Gasteiger charge is 2.35. The number of nitrogens with zero attached hydrogens (tertiary/aromatic N) is 2. The quantitative estimate of drug-likeness (QED) is 0.452. The second kappa shape index (κ2) is 12.4. The molecule has 0 saturated heterocycles. The maximum absolute atomic E-state index is 13.6. The number of likely N-dealkylation sites (N-methyl/N-ethyl adjacent to an activating group) is 1. The second-order valence-electron chi connectivity index (χ2n) is 9.73. The number of urea groups is 2. The molecule has 10 nitrogen and oxygen atoms in total. The lowest BCUT2D eigenvalue weighted by molar-refractivity contribution is 0.0368. The average molecular weight is 512 g/mol. The molecule has 1 aliphatic rings. The Morgan fingerprint density at radius 1 is 1.11 bits per heavy atom. The summed E-state index contributed by atoms with van der Waals surface area (Å²) in [4.78, 5) is 42.1. The number of nitrogens with one attached hydrogen (secondary N) is 3. The van der Waals surface area contributed by atoms with Gasteiger partial charge in [-0.2, -0.15) is 0 Å². The van der Waals surface area contributed by atoms with Crippen LogP contribution in [0.15, 0.2) is 48.5 Å². The highest BCUT2D eigenvalue weighted by atomic mass is 16.5. The number of hydrogen-bond acceptors (Lipinski definition) is 5. The lowest BCUT2D eigenvalue weighted by atomic mass is 9.99. The highest BCUT2D eigenvalue weighted by Crippen LogP contribution is 2.35. The number of rotatable bonds is 7. The minimum absolute atomic E-state index is 0.0243. The number of benzene rings is 2. The van der Waals surface area contributed by atoms with Gasteiger partial charge in [-0.1, -0.05) is 31.2 Å². The Balaban J connectivity index is 1.95. The van der Waals surface area contributed by atoms with Gasteiger partial charge in [-0.05, 0) is 45.0 Å². The second-order valence-corrected chi connectivity index (χ2v) is 9.73. The minimum Gasteiger partial charge on any atom is -0.485 e. The van der Waals surface area contributed by atoms with Crippen molar-refractivity contribution in [2.75, 3.05) is 37.4 Å². The Bertz CT molecular complexity index is 1090. The summed E-state index contributed by atoms with van der Waals surface area (Å²) in [6, 6.07) is 12.8. The first kappa shape index (κ1) is 27.8. The van der Waals surface area contributed by atoms with Crippen LogP contribution in [0.4, 0.5) is 21.0 Å². The van der Waals surface area contributed by atoms with Gasteiger partial charge in [-0.3, -0.25) is 4.79 Å². The van der Waals surface area contributed by atoms with Crippen LogP contribution >= 0.6 is 0 Å². The highest BCUT2D eigenvalue weighted by molar-refractivity contribution is 6.04. The summed E-state index contributed by atoms with van der Waals surface area (Å²) in [6.07, 6.45) is -0.497. The summed E-state index contributed by atoms with van der Waals surface area (Å²) in [5, 5.41) is 18.3. The number of carbonyl (C=O) groups is 3. The molecule has 10 heteroatoms. The minimum atomic E-state index is -0.497. The molecule has 1 heterocycles. The van der Waals surface area contributed by atoms with Crippen LogP contribution in [-0.4, -0.2) is 77.8 Å². The zero-order valence-electron chi connectivity index (χ0n) is 22.0. The molecule has 0 bridgehead atoms. The van der Waals surface area contributed by atoms with Crippen LogP contribution in [0.25, 0.3) is 0 Å². The first-order valence-electron chi connectivity index (χ1n) is 12.5. The van der Waals surface area contributed by atoms with Gasteiger partial charge >= 0.3 is 12.1 Å². The Morgan fingerprint density at radius 2 is 1.81 bits per heavy atom. The topological polar surface area (TPSA) is 123 Å². The van der Waals surface area contributed by atoms with E-state index in [9.17, 15) is 19.5 Å². The molecule has 5 amide bonds. The molecule has 0 saturated carbocycles. The van der Waals surface area contributed by atoms with Crippen LogP contribution in [0, 0.1) is 5.92 Å². The monoisotopic (exact) mass is 511 g/mol. The third-order valence-corrected chi connectivity index (χ3v) is 6.18. The van der Waals surface area contributed by atoms with E-state index in [4.69, 9.17) is 4.74 Å². The SMILES string of the molecule is CC(C)NC(=O)N(C)CC1Oc2c(NC(=O)Nc3ccccc3)cccc2C(=O)N(C(C)CO)CC1C. The standard InChI is InChI=1S/C27H37N5O5/c1-17(2)28-27(36)31(5)15-23-18(3)14-32(19(4)16-33)25(34)21-12-9-13-22(24(21)37-23)30-26(35)29-20-10-7-6-8-11-20/h6-13,17-19,23,33H,14-16H2,1-5H3,(H,28,36)(H2,29,30,35). The van der Waals surface area contributed by atoms with Crippen molar-refractivity contribution < 1.29 is 24.2 Å². The summed E-state index contributed by atoms with van der Waals surface area (Å²) in [5.74, 6) is -0.272. The number of hydrogen-bond donors (Lipinski definition) is 4. The number of para-hydroxylation sites is 2. The fourth-order valence-corrected chi connectivity index (χ4v) is 4.08. The Morgan fingerprint density at radius 3 is 2.46 bits per heavy atom. The maximum atomic E-state index is 13.6. The van der Waals surface area contributed by atoms with Gasteiger partial charge in [0.1, 0.15) is 6.10 Å². The average Bonchev–Trinajstić information content (AvgIpc) is 2.86. The van der Waals surface area contributed by atoms with Crippen molar-refractivity contribution in [2.24, 2.45) is 5.92 Å². The molecule has 2 aromatic rings. The van der Waals surface area contributed by atoms with Crippen molar-refractivity contribution in [3.05, 3.63) is 54.1 Å². The van der Waals surface area contributed by atoms with Crippen LogP contribution in [0.2, 0.25) is 0 Å². The van der Waals surface area contributed by atoms with Crippen molar-refractivity contribution in [1.82, 2.24) is 15.1 Å². The number of aliphatic hydroxyl groups excluding tert-OH is 1. The molecule has 37 heavy (non-hydrogen) atoms. The van der Waals surface area contributed by atoms with Gasteiger partial charge in [0, 0.05) is 31.2 Å².